The normalized spacial score (nSPS) is 13.9. The van der Waals surface area contributed by atoms with Gasteiger partial charge in [0.25, 0.3) is 11.8 Å². The van der Waals surface area contributed by atoms with E-state index < -0.39 is 11.8 Å². The average Bonchev–Trinajstić information content (AvgIpc) is 3.36. The Morgan fingerprint density at radius 3 is 2.71 bits per heavy atom. The van der Waals surface area contributed by atoms with Crippen molar-refractivity contribution in [2.24, 2.45) is 0 Å². The van der Waals surface area contributed by atoms with Crippen LogP contribution >= 0.6 is 0 Å². The second-order valence-corrected chi connectivity index (χ2v) is 6.59. The Hall–Kier alpha value is -4.04. The minimum atomic E-state index is -0.403. The lowest BCUT2D eigenvalue weighted by atomic mass is 10.0. The van der Waals surface area contributed by atoms with E-state index in [0.717, 1.165) is 27.4 Å². The molecule has 3 heterocycles. The van der Waals surface area contributed by atoms with Crippen LogP contribution in [0.4, 0.5) is 0 Å². The third kappa shape index (κ3) is 2.29. The van der Waals surface area contributed by atoms with Gasteiger partial charge in [0.15, 0.2) is 0 Å². The van der Waals surface area contributed by atoms with Crippen molar-refractivity contribution >= 4 is 44.9 Å². The highest BCUT2D eigenvalue weighted by molar-refractivity contribution is 6.47. The van der Waals surface area contributed by atoms with Crippen molar-refractivity contribution in [3.8, 4) is 11.8 Å². The molecule has 0 fully saturated rings. The number of carbonyl (C=O) groups excluding carboxylic acids is 2. The average molecular weight is 365 g/mol. The molecule has 0 atom stereocenters. The molecule has 2 N–H and O–H groups in total. The van der Waals surface area contributed by atoms with Crippen LogP contribution in [-0.2, 0) is 9.59 Å². The monoisotopic (exact) mass is 365 g/mol. The molecular weight excluding hydrogens is 350 g/mol. The SMILES string of the molecule is CC#Cc1ccc2[nH]cc(C3=C(n4ccc5ccccc54)C(=O)NC3=O)c2c1. The van der Waals surface area contributed by atoms with Crippen molar-refractivity contribution in [2.45, 2.75) is 6.92 Å². The van der Waals surface area contributed by atoms with Crippen molar-refractivity contribution in [1.82, 2.24) is 14.9 Å². The van der Waals surface area contributed by atoms with Crippen molar-refractivity contribution < 1.29 is 9.59 Å². The third-order valence-corrected chi connectivity index (χ3v) is 4.97. The Balaban J connectivity index is 1.82. The van der Waals surface area contributed by atoms with Crippen LogP contribution in [0.5, 0.6) is 0 Å². The molecule has 2 amide bonds. The van der Waals surface area contributed by atoms with Crippen LogP contribution < -0.4 is 5.32 Å². The number of aromatic amines is 1. The molecule has 5 nitrogen and oxygen atoms in total. The van der Waals surface area contributed by atoms with E-state index in [9.17, 15) is 9.59 Å². The molecule has 0 radical (unpaired) electrons. The Labute approximate surface area is 160 Å². The van der Waals surface area contributed by atoms with Gasteiger partial charge < -0.3 is 9.55 Å². The second-order valence-electron chi connectivity index (χ2n) is 6.59. The number of H-pyrrole nitrogens is 1. The molecule has 1 aliphatic heterocycles. The zero-order chi connectivity index (χ0) is 19.3. The topological polar surface area (TPSA) is 66.9 Å². The summed E-state index contributed by atoms with van der Waals surface area (Å²) < 4.78 is 1.78. The van der Waals surface area contributed by atoms with Gasteiger partial charge in [-0.05, 0) is 42.6 Å². The molecule has 28 heavy (non-hydrogen) atoms. The molecule has 5 heteroatoms. The molecule has 0 unspecified atom stereocenters. The van der Waals surface area contributed by atoms with Crippen molar-refractivity contribution in [3.63, 3.8) is 0 Å². The van der Waals surface area contributed by atoms with E-state index in [-0.39, 0.29) is 0 Å². The van der Waals surface area contributed by atoms with Gasteiger partial charge in [0.05, 0.1) is 11.1 Å². The van der Waals surface area contributed by atoms with Crippen LogP contribution in [0.15, 0.2) is 60.9 Å². The van der Waals surface area contributed by atoms with E-state index >= 15 is 0 Å². The summed E-state index contributed by atoms with van der Waals surface area (Å²) in [5, 5.41) is 4.30. The van der Waals surface area contributed by atoms with Crippen molar-refractivity contribution in [2.75, 3.05) is 0 Å². The third-order valence-electron chi connectivity index (χ3n) is 4.97. The minimum Gasteiger partial charge on any atom is -0.361 e. The van der Waals surface area contributed by atoms with Crippen LogP contribution in [0.2, 0.25) is 0 Å². The Morgan fingerprint density at radius 2 is 1.86 bits per heavy atom. The molecule has 134 valence electrons. The van der Waals surface area contributed by atoms with E-state index in [1.54, 1.807) is 17.7 Å². The van der Waals surface area contributed by atoms with Gasteiger partial charge in [-0.25, -0.2) is 0 Å². The first-order chi connectivity index (χ1) is 13.7. The smallest absolute Gasteiger partial charge is 0.275 e. The van der Waals surface area contributed by atoms with Crippen LogP contribution in [-0.4, -0.2) is 21.4 Å². The molecule has 0 saturated heterocycles. The van der Waals surface area contributed by atoms with Crippen molar-refractivity contribution in [3.05, 3.63) is 72.1 Å². The maximum absolute atomic E-state index is 12.7. The molecule has 2 aromatic heterocycles. The molecule has 2 aromatic carbocycles. The summed E-state index contributed by atoms with van der Waals surface area (Å²) in [6.45, 7) is 1.78. The first kappa shape index (κ1) is 16.2. The number of nitrogens with one attached hydrogen (secondary N) is 2. The number of para-hydroxylation sites is 1. The highest BCUT2D eigenvalue weighted by Gasteiger charge is 2.34. The molecule has 4 aromatic rings. The fourth-order valence-corrected chi connectivity index (χ4v) is 3.75. The lowest BCUT2D eigenvalue weighted by Crippen LogP contribution is -2.23. The molecule has 5 rings (SSSR count). The summed E-state index contributed by atoms with van der Waals surface area (Å²) in [7, 11) is 0. The molecule has 1 aliphatic rings. The van der Waals surface area contributed by atoms with Crippen LogP contribution in [0.3, 0.4) is 0 Å². The van der Waals surface area contributed by atoms with E-state index in [0.29, 0.717) is 16.8 Å². The van der Waals surface area contributed by atoms with E-state index in [1.807, 2.05) is 54.7 Å². The molecule has 0 bridgehead atoms. The van der Waals surface area contributed by atoms with Gasteiger partial charge in [0.2, 0.25) is 0 Å². The maximum atomic E-state index is 12.7. The number of aromatic nitrogens is 2. The molecule has 0 saturated carbocycles. The van der Waals surface area contributed by atoms with Gasteiger partial charge in [0.1, 0.15) is 5.70 Å². The van der Waals surface area contributed by atoms with Gasteiger partial charge in [-0.1, -0.05) is 24.1 Å². The van der Waals surface area contributed by atoms with E-state index in [4.69, 9.17) is 0 Å². The van der Waals surface area contributed by atoms with Gasteiger partial charge in [0, 0.05) is 34.4 Å². The quantitative estimate of drug-likeness (QED) is 0.422. The maximum Gasteiger partial charge on any atom is 0.275 e. The number of rotatable bonds is 2. The molecule has 0 aliphatic carbocycles. The summed E-state index contributed by atoms with van der Waals surface area (Å²) in [6.07, 6.45) is 3.59. The van der Waals surface area contributed by atoms with Crippen LogP contribution in [0.1, 0.15) is 18.1 Å². The van der Waals surface area contributed by atoms with Gasteiger partial charge in [-0.3, -0.25) is 14.9 Å². The largest absolute Gasteiger partial charge is 0.361 e. The fourth-order valence-electron chi connectivity index (χ4n) is 3.75. The number of benzene rings is 2. The molecular formula is C23H15N3O2. The number of hydrogen-bond acceptors (Lipinski definition) is 2. The summed E-state index contributed by atoms with van der Waals surface area (Å²) in [6, 6.07) is 15.5. The second kappa shape index (κ2) is 6.00. The number of carbonyl (C=O) groups is 2. The van der Waals surface area contributed by atoms with Gasteiger partial charge in [-0.2, -0.15) is 0 Å². The zero-order valence-corrected chi connectivity index (χ0v) is 15.0. The Morgan fingerprint density at radius 1 is 1.00 bits per heavy atom. The molecule has 0 spiro atoms. The Kier molecular flexibility index (Phi) is 3.46. The van der Waals surface area contributed by atoms with E-state index in [2.05, 4.69) is 22.1 Å². The first-order valence-electron chi connectivity index (χ1n) is 8.88. The Bertz CT molecular complexity index is 1390. The summed E-state index contributed by atoms with van der Waals surface area (Å²) in [5.41, 5.74) is 3.99. The minimum absolute atomic E-state index is 0.332. The summed E-state index contributed by atoms with van der Waals surface area (Å²) in [4.78, 5) is 28.6. The standard InChI is InChI=1S/C23H15N3O2/c1-2-5-14-8-9-18-16(12-14)17(13-24-18)20-21(23(28)25-22(20)27)26-11-10-15-6-3-4-7-19(15)26/h3-4,6-13,24H,1H3,(H,25,27,28). The lowest BCUT2D eigenvalue weighted by molar-refractivity contribution is -0.122. The van der Waals surface area contributed by atoms with Crippen LogP contribution in [0.25, 0.3) is 33.1 Å². The van der Waals surface area contributed by atoms with Gasteiger partial charge >= 0.3 is 0 Å². The number of hydrogen-bond donors (Lipinski definition) is 2. The summed E-state index contributed by atoms with van der Waals surface area (Å²) in [5.74, 6) is 5.12. The number of nitrogens with zero attached hydrogens (tertiary/aromatic N) is 1. The number of amides is 2. The van der Waals surface area contributed by atoms with E-state index in [1.165, 1.54) is 0 Å². The fraction of sp³-hybridized carbons (Fsp3) is 0.0435. The first-order valence-corrected chi connectivity index (χ1v) is 8.88. The predicted octanol–water partition coefficient (Wildman–Crippen LogP) is 3.52. The highest BCUT2D eigenvalue weighted by atomic mass is 16.2. The highest BCUT2D eigenvalue weighted by Crippen LogP contribution is 2.34. The predicted molar refractivity (Wildman–Crippen MR) is 109 cm³/mol. The van der Waals surface area contributed by atoms with Crippen LogP contribution in [0, 0.1) is 11.8 Å². The van der Waals surface area contributed by atoms with Gasteiger partial charge in [-0.15, -0.1) is 5.92 Å². The zero-order valence-electron chi connectivity index (χ0n) is 15.0. The number of fused-ring (bicyclic) bond motifs is 2. The number of imide groups is 1. The lowest BCUT2D eigenvalue weighted by Gasteiger charge is -2.07. The summed E-state index contributed by atoms with van der Waals surface area (Å²) >= 11 is 0. The van der Waals surface area contributed by atoms with Crippen molar-refractivity contribution in [1.29, 1.82) is 0 Å².